The Morgan fingerprint density at radius 1 is 1.23 bits per heavy atom. The number of esters is 1. The average Bonchev–Trinajstić information content (AvgIpc) is 2.52. The fraction of sp³-hybridized carbons (Fsp3) is 0.588. The Labute approximate surface area is 147 Å². The van der Waals surface area contributed by atoms with Gasteiger partial charge in [-0.15, -0.1) is 11.6 Å². The molecule has 1 saturated carbocycles. The Balaban J connectivity index is 2.13. The summed E-state index contributed by atoms with van der Waals surface area (Å²) in [5.74, 6) is 0.188. The molecule has 5 heteroatoms. The Hall–Kier alpha value is -0.440. The van der Waals surface area contributed by atoms with Gasteiger partial charge < -0.3 is 4.74 Å². The third kappa shape index (κ3) is 4.53. The Kier molecular flexibility index (Phi) is 6.86. The lowest BCUT2D eigenvalue weighted by molar-refractivity contribution is -0.140. The zero-order valence-electron chi connectivity index (χ0n) is 12.7. The van der Waals surface area contributed by atoms with Crippen LogP contribution >= 0.6 is 34.8 Å². The number of benzene rings is 1. The van der Waals surface area contributed by atoms with Gasteiger partial charge in [-0.05, 0) is 48.4 Å². The number of carbonyl (C=O) groups is 1. The van der Waals surface area contributed by atoms with Crippen LogP contribution in [0.4, 0.5) is 0 Å². The molecule has 1 fully saturated rings. The van der Waals surface area contributed by atoms with Crippen LogP contribution in [0.2, 0.25) is 10.0 Å². The van der Waals surface area contributed by atoms with E-state index in [1.54, 1.807) is 0 Å². The molecule has 0 saturated heterocycles. The van der Waals surface area contributed by atoms with Gasteiger partial charge in [-0.1, -0.05) is 42.5 Å². The second-order valence-corrected chi connectivity index (χ2v) is 7.16. The lowest BCUT2D eigenvalue weighted by Crippen LogP contribution is -2.07. The molecule has 1 aromatic carbocycles. The smallest absolute Gasteiger partial charge is 0.305 e. The molecule has 0 spiro atoms. The van der Waals surface area contributed by atoms with E-state index in [2.05, 4.69) is 4.74 Å². The van der Waals surface area contributed by atoms with Crippen LogP contribution in [-0.2, 0) is 9.53 Å². The third-order valence-electron chi connectivity index (χ3n) is 4.31. The number of carbonyl (C=O) groups excluding carboxylic acids is 1. The second kappa shape index (κ2) is 8.42. The van der Waals surface area contributed by atoms with E-state index < -0.39 is 0 Å². The maximum Gasteiger partial charge on any atom is 0.305 e. The summed E-state index contributed by atoms with van der Waals surface area (Å²) >= 11 is 19.3. The number of hydrogen-bond acceptors (Lipinski definition) is 2. The predicted molar refractivity (Wildman–Crippen MR) is 92.1 cm³/mol. The van der Waals surface area contributed by atoms with Crippen LogP contribution in [0.1, 0.15) is 67.4 Å². The summed E-state index contributed by atoms with van der Waals surface area (Å²) in [6, 6.07) is 3.79. The highest BCUT2D eigenvalue weighted by atomic mass is 35.5. The van der Waals surface area contributed by atoms with E-state index in [0.717, 1.165) is 24.0 Å². The molecule has 0 radical (unpaired) electrons. The van der Waals surface area contributed by atoms with Gasteiger partial charge in [0.15, 0.2) is 0 Å². The minimum atomic E-state index is -0.297. The van der Waals surface area contributed by atoms with Gasteiger partial charge in [0.05, 0.1) is 12.5 Å². The van der Waals surface area contributed by atoms with E-state index in [-0.39, 0.29) is 17.8 Å². The molecule has 22 heavy (non-hydrogen) atoms. The van der Waals surface area contributed by atoms with Gasteiger partial charge in [0.2, 0.25) is 0 Å². The molecular weight excluding hydrogens is 343 g/mol. The summed E-state index contributed by atoms with van der Waals surface area (Å²) in [6.45, 7) is 0. The van der Waals surface area contributed by atoms with E-state index in [1.807, 2.05) is 12.1 Å². The van der Waals surface area contributed by atoms with Gasteiger partial charge in [0.1, 0.15) is 0 Å². The molecule has 1 atom stereocenters. The molecule has 1 aliphatic rings. The standard InChI is InChI=1S/C17H21Cl3O2/c1-22-16(21)8-7-13(18)12-9-14(19)17(15(20)10-12)11-5-3-2-4-6-11/h9-11,13H,2-8H2,1H3. The summed E-state index contributed by atoms with van der Waals surface area (Å²) in [7, 11) is 1.37. The van der Waals surface area contributed by atoms with Crippen LogP contribution in [0.5, 0.6) is 0 Å². The van der Waals surface area contributed by atoms with Gasteiger partial charge >= 0.3 is 5.97 Å². The summed E-state index contributed by atoms with van der Waals surface area (Å²) in [4.78, 5) is 11.2. The summed E-state index contributed by atoms with van der Waals surface area (Å²) < 4.78 is 4.63. The number of hydrogen-bond donors (Lipinski definition) is 0. The SMILES string of the molecule is COC(=O)CCC(Cl)c1cc(Cl)c(C2CCCCC2)c(Cl)c1. The Morgan fingerprint density at radius 3 is 2.36 bits per heavy atom. The summed E-state index contributed by atoms with van der Waals surface area (Å²) in [5.41, 5.74) is 1.92. The monoisotopic (exact) mass is 362 g/mol. The first kappa shape index (κ1) is 17.9. The molecule has 1 aromatic rings. The first-order chi connectivity index (χ1) is 10.5. The molecule has 122 valence electrons. The van der Waals surface area contributed by atoms with E-state index in [0.29, 0.717) is 22.4 Å². The molecule has 1 unspecified atom stereocenters. The number of rotatable bonds is 5. The van der Waals surface area contributed by atoms with Crippen molar-refractivity contribution < 1.29 is 9.53 Å². The summed E-state index contributed by atoms with van der Waals surface area (Å²) in [5, 5.41) is 1.09. The molecule has 0 amide bonds. The zero-order chi connectivity index (χ0) is 16.1. The van der Waals surface area contributed by atoms with Crippen molar-refractivity contribution in [1.29, 1.82) is 0 Å². The normalized spacial score (nSPS) is 17.3. The molecular formula is C17H21Cl3O2. The Bertz CT molecular complexity index is 502. The Morgan fingerprint density at radius 2 is 1.82 bits per heavy atom. The van der Waals surface area contributed by atoms with Crippen molar-refractivity contribution in [3.05, 3.63) is 33.3 Å². The maximum atomic E-state index is 11.2. The van der Waals surface area contributed by atoms with Gasteiger partial charge in [-0.3, -0.25) is 4.79 Å². The van der Waals surface area contributed by atoms with Crippen LogP contribution in [-0.4, -0.2) is 13.1 Å². The molecule has 1 aliphatic carbocycles. The van der Waals surface area contributed by atoms with Crippen molar-refractivity contribution in [2.45, 2.75) is 56.2 Å². The number of halogens is 3. The highest BCUT2D eigenvalue weighted by Crippen LogP contribution is 2.42. The van der Waals surface area contributed by atoms with Crippen LogP contribution in [0.3, 0.4) is 0 Å². The molecule has 0 aliphatic heterocycles. The van der Waals surface area contributed by atoms with E-state index in [1.165, 1.54) is 26.4 Å². The summed E-state index contributed by atoms with van der Waals surface area (Å²) in [6.07, 6.45) is 6.83. The van der Waals surface area contributed by atoms with Gasteiger partial charge in [-0.25, -0.2) is 0 Å². The highest BCUT2D eigenvalue weighted by Gasteiger charge is 2.22. The van der Waals surface area contributed by atoms with Gasteiger partial charge in [0.25, 0.3) is 0 Å². The molecule has 2 nitrogen and oxygen atoms in total. The fourth-order valence-electron chi connectivity index (χ4n) is 3.08. The molecule has 2 rings (SSSR count). The molecule has 0 heterocycles. The van der Waals surface area contributed by atoms with Crippen LogP contribution in [0.15, 0.2) is 12.1 Å². The lowest BCUT2D eigenvalue weighted by atomic mass is 9.83. The zero-order valence-corrected chi connectivity index (χ0v) is 15.0. The third-order valence-corrected chi connectivity index (χ3v) is 5.40. The van der Waals surface area contributed by atoms with Crippen molar-refractivity contribution in [3.8, 4) is 0 Å². The minimum Gasteiger partial charge on any atom is -0.469 e. The van der Waals surface area contributed by atoms with Crippen LogP contribution in [0.25, 0.3) is 0 Å². The number of methoxy groups -OCH3 is 1. The van der Waals surface area contributed by atoms with Crippen LogP contribution in [0, 0.1) is 0 Å². The van der Waals surface area contributed by atoms with Crippen molar-refractivity contribution in [2.24, 2.45) is 0 Å². The van der Waals surface area contributed by atoms with Crippen molar-refractivity contribution in [1.82, 2.24) is 0 Å². The lowest BCUT2D eigenvalue weighted by Gasteiger charge is -2.25. The van der Waals surface area contributed by atoms with E-state index >= 15 is 0 Å². The number of ether oxygens (including phenoxy) is 1. The largest absolute Gasteiger partial charge is 0.469 e. The average molecular weight is 364 g/mol. The first-order valence-corrected chi connectivity index (χ1v) is 8.92. The maximum absolute atomic E-state index is 11.2. The number of alkyl halides is 1. The molecule has 0 bridgehead atoms. The van der Waals surface area contributed by atoms with Crippen molar-refractivity contribution in [2.75, 3.05) is 7.11 Å². The van der Waals surface area contributed by atoms with Crippen LogP contribution < -0.4 is 0 Å². The highest BCUT2D eigenvalue weighted by molar-refractivity contribution is 6.36. The topological polar surface area (TPSA) is 26.3 Å². The fourth-order valence-corrected chi connectivity index (χ4v) is 4.13. The minimum absolute atomic E-state index is 0.262. The first-order valence-electron chi connectivity index (χ1n) is 7.72. The predicted octanol–water partition coefficient (Wildman–Crippen LogP) is 6.27. The molecule has 0 aromatic heterocycles. The quantitative estimate of drug-likeness (QED) is 0.455. The van der Waals surface area contributed by atoms with E-state index in [4.69, 9.17) is 34.8 Å². The van der Waals surface area contributed by atoms with Gasteiger partial charge in [-0.2, -0.15) is 0 Å². The van der Waals surface area contributed by atoms with Gasteiger partial charge in [0, 0.05) is 16.5 Å². The van der Waals surface area contributed by atoms with E-state index in [9.17, 15) is 4.79 Å². The van der Waals surface area contributed by atoms with Crippen molar-refractivity contribution in [3.63, 3.8) is 0 Å². The molecule has 0 N–H and O–H groups in total. The van der Waals surface area contributed by atoms with Crippen molar-refractivity contribution >= 4 is 40.8 Å². The second-order valence-electron chi connectivity index (χ2n) is 5.82.